The van der Waals surface area contributed by atoms with Gasteiger partial charge in [-0.15, -0.1) is 5.92 Å². The van der Waals surface area contributed by atoms with Gasteiger partial charge in [0.25, 0.3) is 5.56 Å². The molecular weight excluding hydrogens is 152 g/mol. The van der Waals surface area contributed by atoms with Crippen molar-refractivity contribution in [2.45, 2.75) is 19.8 Å². The molecule has 0 radical (unpaired) electrons. The van der Waals surface area contributed by atoms with Gasteiger partial charge in [0.1, 0.15) is 5.82 Å². The van der Waals surface area contributed by atoms with Crippen molar-refractivity contribution < 1.29 is 0 Å². The molecule has 1 aromatic heterocycles. The van der Waals surface area contributed by atoms with E-state index in [9.17, 15) is 4.79 Å². The first kappa shape index (κ1) is 8.54. The van der Waals surface area contributed by atoms with Crippen molar-refractivity contribution in [1.82, 2.24) is 9.97 Å². The molecule has 1 rings (SSSR count). The van der Waals surface area contributed by atoms with Crippen LogP contribution in [0.1, 0.15) is 19.2 Å². The summed E-state index contributed by atoms with van der Waals surface area (Å²) < 4.78 is 0. The van der Waals surface area contributed by atoms with E-state index in [4.69, 9.17) is 0 Å². The van der Waals surface area contributed by atoms with Gasteiger partial charge in [0, 0.05) is 18.7 Å². The molecule has 0 atom stereocenters. The maximum Gasteiger partial charge on any atom is 0.250 e. The third-order valence-corrected chi connectivity index (χ3v) is 1.28. The third kappa shape index (κ3) is 2.59. The van der Waals surface area contributed by atoms with Crippen LogP contribution < -0.4 is 5.56 Å². The van der Waals surface area contributed by atoms with Crippen molar-refractivity contribution in [2.24, 2.45) is 0 Å². The Hall–Kier alpha value is -1.56. The highest BCUT2D eigenvalue weighted by molar-refractivity contribution is 5.06. The van der Waals surface area contributed by atoms with Crippen LogP contribution in [0.15, 0.2) is 17.1 Å². The molecule has 0 aromatic carbocycles. The standard InChI is InChI=1S/C9H10N2O/c1-2-3-4-5-8-10-7-6-9(12)11-8/h6-7H,2,5H2,1H3,(H,10,11,12). The van der Waals surface area contributed by atoms with Gasteiger partial charge in [0.05, 0.1) is 6.42 Å². The van der Waals surface area contributed by atoms with Gasteiger partial charge < -0.3 is 4.98 Å². The minimum absolute atomic E-state index is 0.127. The maximum atomic E-state index is 10.8. The second-order valence-electron chi connectivity index (χ2n) is 2.26. The monoisotopic (exact) mass is 162 g/mol. The summed E-state index contributed by atoms with van der Waals surface area (Å²) in [6, 6.07) is 1.39. The number of nitrogens with one attached hydrogen (secondary N) is 1. The van der Waals surface area contributed by atoms with Crippen LogP contribution in [0.5, 0.6) is 0 Å². The molecule has 0 aliphatic rings. The highest BCUT2D eigenvalue weighted by atomic mass is 16.1. The summed E-state index contributed by atoms with van der Waals surface area (Å²) in [7, 11) is 0. The number of hydrogen-bond acceptors (Lipinski definition) is 2. The topological polar surface area (TPSA) is 45.8 Å². The number of nitrogens with zero attached hydrogens (tertiary/aromatic N) is 1. The molecule has 1 N–H and O–H groups in total. The molecule has 0 aliphatic heterocycles. The van der Waals surface area contributed by atoms with Gasteiger partial charge in [-0.25, -0.2) is 4.98 Å². The van der Waals surface area contributed by atoms with E-state index in [0.29, 0.717) is 12.2 Å². The second-order valence-corrected chi connectivity index (χ2v) is 2.26. The van der Waals surface area contributed by atoms with Gasteiger partial charge in [-0.1, -0.05) is 12.8 Å². The van der Waals surface area contributed by atoms with Crippen molar-refractivity contribution in [1.29, 1.82) is 0 Å². The molecule has 1 heterocycles. The molecule has 0 bridgehead atoms. The summed E-state index contributed by atoms with van der Waals surface area (Å²) in [6.45, 7) is 1.98. The van der Waals surface area contributed by atoms with Crippen LogP contribution in [-0.2, 0) is 6.42 Å². The van der Waals surface area contributed by atoms with Gasteiger partial charge in [0.2, 0.25) is 0 Å². The van der Waals surface area contributed by atoms with E-state index in [2.05, 4.69) is 21.8 Å². The van der Waals surface area contributed by atoms with Crippen LogP contribution in [0.3, 0.4) is 0 Å². The molecule has 3 heteroatoms. The Balaban J connectivity index is 2.70. The number of aromatic nitrogens is 2. The Kier molecular flexibility index (Phi) is 3.09. The van der Waals surface area contributed by atoms with Crippen molar-refractivity contribution in [2.75, 3.05) is 0 Å². The van der Waals surface area contributed by atoms with Crippen molar-refractivity contribution >= 4 is 0 Å². The van der Waals surface area contributed by atoms with Crippen LogP contribution in [0.25, 0.3) is 0 Å². The fraction of sp³-hybridized carbons (Fsp3) is 0.333. The average Bonchev–Trinajstić information content (AvgIpc) is 2.05. The molecule has 3 nitrogen and oxygen atoms in total. The Bertz CT molecular complexity index is 357. The van der Waals surface area contributed by atoms with Gasteiger partial charge in [-0.2, -0.15) is 0 Å². The molecule has 62 valence electrons. The maximum absolute atomic E-state index is 10.8. The molecule has 0 spiro atoms. The molecule has 0 fully saturated rings. The zero-order valence-electron chi connectivity index (χ0n) is 6.92. The second kappa shape index (κ2) is 4.35. The molecule has 0 aliphatic carbocycles. The van der Waals surface area contributed by atoms with Crippen LogP contribution in [0.4, 0.5) is 0 Å². The number of rotatable bonds is 1. The SMILES string of the molecule is CCC#CCc1nccc(=O)[nH]1. The first-order chi connectivity index (χ1) is 5.83. The molecule has 0 unspecified atom stereocenters. The molecular formula is C9H10N2O. The Morgan fingerprint density at radius 3 is 3.08 bits per heavy atom. The molecule has 0 amide bonds. The Morgan fingerprint density at radius 2 is 2.42 bits per heavy atom. The van der Waals surface area contributed by atoms with E-state index < -0.39 is 0 Å². The largest absolute Gasteiger partial charge is 0.310 e. The lowest BCUT2D eigenvalue weighted by molar-refractivity contribution is 0.975. The van der Waals surface area contributed by atoms with E-state index in [1.54, 1.807) is 0 Å². The van der Waals surface area contributed by atoms with E-state index in [0.717, 1.165) is 6.42 Å². The average molecular weight is 162 g/mol. The summed E-state index contributed by atoms with van der Waals surface area (Å²) in [5.41, 5.74) is -0.127. The summed E-state index contributed by atoms with van der Waals surface area (Å²) in [4.78, 5) is 17.3. The Labute approximate surface area is 70.9 Å². The number of aromatic amines is 1. The summed E-state index contributed by atoms with van der Waals surface area (Å²) in [5, 5.41) is 0. The highest BCUT2D eigenvalue weighted by Crippen LogP contribution is 1.83. The normalized spacial score (nSPS) is 8.75. The van der Waals surface area contributed by atoms with Gasteiger partial charge in [-0.3, -0.25) is 4.79 Å². The van der Waals surface area contributed by atoms with Gasteiger partial charge in [0.15, 0.2) is 0 Å². The molecule has 1 aromatic rings. The molecule has 0 saturated heterocycles. The predicted molar refractivity (Wildman–Crippen MR) is 46.6 cm³/mol. The lowest BCUT2D eigenvalue weighted by atomic mass is 10.3. The van der Waals surface area contributed by atoms with Crippen molar-refractivity contribution in [3.63, 3.8) is 0 Å². The van der Waals surface area contributed by atoms with Crippen molar-refractivity contribution in [3.8, 4) is 11.8 Å². The summed E-state index contributed by atoms with van der Waals surface area (Å²) >= 11 is 0. The lowest BCUT2D eigenvalue weighted by Crippen LogP contribution is -2.08. The highest BCUT2D eigenvalue weighted by Gasteiger charge is 1.89. The summed E-state index contributed by atoms with van der Waals surface area (Å²) in [6.07, 6.45) is 2.84. The van der Waals surface area contributed by atoms with E-state index in [1.165, 1.54) is 12.3 Å². The van der Waals surface area contributed by atoms with E-state index in [1.807, 2.05) is 6.92 Å². The first-order valence-electron chi connectivity index (χ1n) is 3.83. The third-order valence-electron chi connectivity index (χ3n) is 1.28. The zero-order chi connectivity index (χ0) is 8.81. The van der Waals surface area contributed by atoms with Crippen molar-refractivity contribution in [3.05, 3.63) is 28.4 Å². The fourth-order valence-electron chi connectivity index (χ4n) is 0.772. The van der Waals surface area contributed by atoms with E-state index in [-0.39, 0.29) is 5.56 Å². The number of hydrogen-bond donors (Lipinski definition) is 1. The lowest BCUT2D eigenvalue weighted by Gasteiger charge is -1.90. The van der Waals surface area contributed by atoms with Crippen LogP contribution in [-0.4, -0.2) is 9.97 Å². The van der Waals surface area contributed by atoms with Crippen LogP contribution in [0.2, 0.25) is 0 Å². The van der Waals surface area contributed by atoms with Crippen LogP contribution in [0, 0.1) is 11.8 Å². The minimum atomic E-state index is -0.127. The Morgan fingerprint density at radius 1 is 1.58 bits per heavy atom. The smallest absolute Gasteiger partial charge is 0.250 e. The predicted octanol–water partition coefficient (Wildman–Crippen LogP) is 0.726. The fourth-order valence-corrected chi connectivity index (χ4v) is 0.772. The van der Waals surface area contributed by atoms with Gasteiger partial charge in [-0.05, 0) is 0 Å². The summed E-state index contributed by atoms with van der Waals surface area (Å²) in [5.74, 6) is 6.43. The molecule has 12 heavy (non-hydrogen) atoms. The van der Waals surface area contributed by atoms with Crippen LogP contribution >= 0.6 is 0 Å². The number of H-pyrrole nitrogens is 1. The van der Waals surface area contributed by atoms with E-state index >= 15 is 0 Å². The quantitative estimate of drug-likeness (QED) is 0.618. The van der Waals surface area contributed by atoms with Gasteiger partial charge >= 0.3 is 0 Å². The minimum Gasteiger partial charge on any atom is -0.310 e. The molecule has 0 saturated carbocycles. The zero-order valence-corrected chi connectivity index (χ0v) is 6.92. The first-order valence-corrected chi connectivity index (χ1v) is 3.83.